The van der Waals surface area contributed by atoms with Crippen LogP contribution in [0.3, 0.4) is 0 Å². The van der Waals surface area contributed by atoms with Crippen molar-refractivity contribution in [2.75, 3.05) is 0 Å². The highest BCUT2D eigenvalue weighted by Gasteiger charge is 2.08. The van der Waals surface area contributed by atoms with Gasteiger partial charge < -0.3 is 5.32 Å². The quantitative estimate of drug-likeness (QED) is 0.838. The van der Waals surface area contributed by atoms with E-state index in [1.54, 1.807) is 23.5 Å². The third-order valence-corrected chi connectivity index (χ3v) is 3.84. The monoisotopic (exact) mass is 267 g/mol. The zero-order chi connectivity index (χ0) is 13.0. The normalized spacial score (nSPS) is 12.9. The molecular weight excluding hydrogens is 252 g/mol. The molecule has 0 amide bonds. The molecule has 0 fully saturated rings. The second kappa shape index (κ2) is 6.07. The molecule has 0 bridgehead atoms. The number of alkyl halides is 2. The topological polar surface area (TPSA) is 12.0 Å². The summed E-state index contributed by atoms with van der Waals surface area (Å²) in [4.78, 5) is 1.25. The molecule has 0 saturated carbocycles. The van der Waals surface area contributed by atoms with E-state index in [9.17, 15) is 8.78 Å². The van der Waals surface area contributed by atoms with Crippen molar-refractivity contribution >= 4 is 11.3 Å². The van der Waals surface area contributed by atoms with Crippen LogP contribution in [0.25, 0.3) is 0 Å². The van der Waals surface area contributed by atoms with Gasteiger partial charge in [-0.05, 0) is 30.0 Å². The molecule has 1 atom stereocenters. The van der Waals surface area contributed by atoms with Gasteiger partial charge >= 0.3 is 0 Å². The molecule has 0 radical (unpaired) electrons. The van der Waals surface area contributed by atoms with Crippen molar-refractivity contribution in [3.8, 4) is 0 Å². The number of rotatable bonds is 5. The number of benzene rings is 1. The zero-order valence-electron chi connectivity index (χ0n) is 10.1. The molecule has 0 spiro atoms. The number of thiophene rings is 1. The van der Waals surface area contributed by atoms with Gasteiger partial charge in [0.05, 0.1) is 0 Å². The van der Waals surface area contributed by atoms with Gasteiger partial charge in [0, 0.05) is 23.0 Å². The van der Waals surface area contributed by atoms with Gasteiger partial charge in [-0.25, -0.2) is 8.78 Å². The Morgan fingerprint density at radius 3 is 2.72 bits per heavy atom. The first-order chi connectivity index (χ1) is 8.66. The van der Waals surface area contributed by atoms with E-state index in [1.165, 1.54) is 10.9 Å². The van der Waals surface area contributed by atoms with E-state index >= 15 is 0 Å². The zero-order valence-corrected chi connectivity index (χ0v) is 10.9. The van der Waals surface area contributed by atoms with Gasteiger partial charge in [0.25, 0.3) is 6.43 Å². The van der Waals surface area contributed by atoms with Crippen LogP contribution in [0.4, 0.5) is 8.78 Å². The van der Waals surface area contributed by atoms with Crippen LogP contribution in [-0.4, -0.2) is 0 Å². The van der Waals surface area contributed by atoms with Gasteiger partial charge in [-0.2, -0.15) is 0 Å². The average molecular weight is 267 g/mol. The molecule has 1 heterocycles. The SMILES string of the molecule is C[C@@H](NCc1cccc(C(F)F)c1)c1cccs1. The smallest absolute Gasteiger partial charge is 0.263 e. The second-order valence-electron chi connectivity index (χ2n) is 4.16. The fraction of sp³-hybridized carbons (Fsp3) is 0.286. The molecule has 1 nitrogen and oxygen atoms in total. The Hall–Kier alpha value is -1.26. The molecule has 0 unspecified atom stereocenters. The molecule has 0 saturated heterocycles. The highest BCUT2D eigenvalue weighted by Crippen LogP contribution is 2.21. The summed E-state index contributed by atoms with van der Waals surface area (Å²) in [6.07, 6.45) is -2.40. The van der Waals surface area contributed by atoms with Gasteiger partial charge in [-0.15, -0.1) is 11.3 Å². The van der Waals surface area contributed by atoms with E-state index in [2.05, 4.69) is 18.3 Å². The second-order valence-corrected chi connectivity index (χ2v) is 5.14. The Morgan fingerprint density at radius 1 is 1.22 bits per heavy atom. The summed E-state index contributed by atoms with van der Waals surface area (Å²) in [5, 5.41) is 5.37. The molecule has 96 valence electrons. The van der Waals surface area contributed by atoms with Crippen molar-refractivity contribution < 1.29 is 8.78 Å². The van der Waals surface area contributed by atoms with Crippen molar-refractivity contribution in [1.82, 2.24) is 5.32 Å². The molecule has 0 aliphatic heterocycles. The lowest BCUT2D eigenvalue weighted by Crippen LogP contribution is -2.17. The molecule has 0 aliphatic rings. The van der Waals surface area contributed by atoms with Crippen LogP contribution in [0.5, 0.6) is 0 Å². The summed E-state index contributed by atoms with van der Waals surface area (Å²) in [7, 11) is 0. The number of hydrogen-bond acceptors (Lipinski definition) is 2. The van der Waals surface area contributed by atoms with Crippen molar-refractivity contribution in [2.24, 2.45) is 0 Å². The lowest BCUT2D eigenvalue weighted by molar-refractivity contribution is 0.151. The largest absolute Gasteiger partial charge is 0.305 e. The van der Waals surface area contributed by atoms with E-state index < -0.39 is 6.43 Å². The molecule has 0 aliphatic carbocycles. The molecule has 4 heteroatoms. The summed E-state index contributed by atoms with van der Waals surface area (Å²) >= 11 is 1.69. The standard InChI is InChI=1S/C14H15F2NS/c1-10(13-6-3-7-18-13)17-9-11-4-2-5-12(8-11)14(15)16/h2-8,10,14,17H,9H2,1H3/t10-/m1/s1. The van der Waals surface area contributed by atoms with Crippen LogP contribution < -0.4 is 5.32 Å². The van der Waals surface area contributed by atoms with Crippen LogP contribution in [0, 0.1) is 0 Å². The van der Waals surface area contributed by atoms with Crippen molar-refractivity contribution in [3.63, 3.8) is 0 Å². The third kappa shape index (κ3) is 3.37. The predicted octanol–water partition coefficient (Wildman–Crippen LogP) is 4.54. The first-order valence-electron chi connectivity index (χ1n) is 5.80. The van der Waals surface area contributed by atoms with Crippen LogP contribution in [-0.2, 0) is 6.54 Å². The number of hydrogen-bond donors (Lipinski definition) is 1. The van der Waals surface area contributed by atoms with Crippen molar-refractivity contribution in [3.05, 3.63) is 57.8 Å². The molecule has 2 rings (SSSR count). The van der Waals surface area contributed by atoms with Crippen LogP contribution in [0.1, 0.15) is 35.4 Å². The Morgan fingerprint density at radius 2 is 2.06 bits per heavy atom. The molecule has 1 aromatic carbocycles. The summed E-state index contributed by atoms with van der Waals surface area (Å²) < 4.78 is 25.1. The minimum Gasteiger partial charge on any atom is -0.305 e. The third-order valence-electron chi connectivity index (χ3n) is 2.79. The van der Waals surface area contributed by atoms with Crippen LogP contribution >= 0.6 is 11.3 Å². The van der Waals surface area contributed by atoms with E-state index in [1.807, 2.05) is 17.5 Å². The molecular formula is C14H15F2NS. The molecule has 1 aromatic heterocycles. The summed E-state index contributed by atoms with van der Waals surface area (Å²) in [6.45, 7) is 2.67. The minimum atomic E-state index is -2.40. The first-order valence-corrected chi connectivity index (χ1v) is 6.68. The highest BCUT2D eigenvalue weighted by molar-refractivity contribution is 7.10. The number of nitrogens with one attached hydrogen (secondary N) is 1. The van der Waals surface area contributed by atoms with Gasteiger partial charge in [0.1, 0.15) is 0 Å². The fourth-order valence-corrected chi connectivity index (χ4v) is 2.51. The van der Waals surface area contributed by atoms with Gasteiger partial charge in [0.15, 0.2) is 0 Å². The van der Waals surface area contributed by atoms with Gasteiger partial charge in [0.2, 0.25) is 0 Å². The highest BCUT2D eigenvalue weighted by atomic mass is 32.1. The fourth-order valence-electron chi connectivity index (χ4n) is 1.75. The van der Waals surface area contributed by atoms with Crippen molar-refractivity contribution in [1.29, 1.82) is 0 Å². The first kappa shape index (κ1) is 13.2. The average Bonchev–Trinajstić information content (AvgIpc) is 2.90. The molecule has 1 N–H and O–H groups in total. The summed E-state index contributed by atoms with van der Waals surface area (Å²) in [5.74, 6) is 0. The van der Waals surface area contributed by atoms with Crippen LogP contribution in [0.15, 0.2) is 41.8 Å². The molecule has 2 aromatic rings. The minimum absolute atomic E-state index is 0.0816. The Bertz CT molecular complexity index is 482. The lowest BCUT2D eigenvalue weighted by atomic mass is 10.1. The molecule has 18 heavy (non-hydrogen) atoms. The number of halogens is 2. The van der Waals surface area contributed by atoms with Gasteiger partial charge in [-0.3, -0.25) is 0 Å². The summed E-state index contributed by atoms with van der Waals surface area (Å²) in [5.41, 5.74) is 0.967. The van der Waals surface area contributed by atoms with Gasteiger partial charge in [-0.1, -0.05) is 24.3 Å². The Labute approximate surface area is 109 Å². The maximum atomic E-state index is 12.6. The lowest BCUT2D eigenvalue weighted by Gasteiger charge is -2.12. The Kier molecular flexibility index (Phi) is 4.44. The maximum Gasteiger partial charge on any atom is 0.263 e. The summed E-state index contributed by atoms with van der Waals surface area (Å²) in [6, 6.07) is 10.9. The van der Waals surface area contributed by atoms with E-state index in [4.69, 9.17) is 0 Å². The van der Waals surface area contributed by atoms with E-state index in [0.29, 0.717) is 6.54 Å². The van der Waals surface area contributed by atoms with Crippen molar-refractivity contribution in [2.45, 2.75) is 25.9 Å². The van der Waals surface area contributed by atoms with E-state index in [-0.39, 0.29) is 11.6 Å². The predicted molar refractivity (Wildman–Crippen MR) is 71.0 cm³/mol. The maximum absolute atomic E-state index is 12.6. The van der Waals surface area contributed by atoms with E-state index in [0.717, 1.165) is 5.56 Å². The Balaban J connectivity index is 1.96. The van der Waals surface area contributed by atoms with Crippen LogP contribution in [0.2, 0.25) is 0 Å².